The topological polar surface area (TPSA) is 74.6 Å². The number of halogens is 3. The average molecular weight is 377 g/mol. The third-order valence-electron chi connectivity index (χ3n) is 3.38. The van der Waals surface area contributed by atoms with Crippen LogP contribution in [0.1, 0.15) is 44.1 Å². The largest absolute Gasteiger partial charge is 0.476 e. The Bertz CT molecular complexity index is 727. The van der Waals surface area contributed by atoms with E-state index < -0.39 is 5.97 Å². The number of aromatic nitrogens is 1. The van der Waals surface area contributed by atoms with E-state index in [1.165, 1.54) is 5.57 Å². The van der Waals surface area contributed by atoms with E-state index in [2.05, 4.69) is 29.4 Å². The van der Waals surface area contributed by atoms with Crippen molar-refractivity contribution in [1.82, 2.24) is 4.98 Å². The lowest BCUT2D eigenvalue weighted by Crippen LogP contribution is -2.22. The molecule has 0 spiro atoms. The van der Waals surface area contributed by atoms with Crippen molar-refractivity contribution in [2.45, 2.75) is 33.6 Å². The first kappa shape index (κ1) is 18.0. The maximum Gasteiger partial charge on any atom is 0.356 e. The van der Waals surface area contributed by atoms with Crippen LogP contribution < -0.4 is 5.43 Å². The number of carboxylic acid groups (broad SMARTS) is 1. The molecule has 5 nitrogen and oxygen atoms in total. The van der Waals surface area contributed by atoms with Crippen molar-refractivity contribution >= 4 is 52.2 Å². The molecule has 0 bridgehead atoms. The van der Waals surface area contributed by atoms with Gasteiger partial charge in [0.05, 0.1) is 11.4 Å². The molecule has 0 radical (unpaired) electrons. The van der Waals surface area contributed by atoms with E-state index in [1.54, 1.807) is 0 Å². The van der Waals surface area contributed by atoms with Crippen LogP contribution in [0.15, 0.2) is 16.8 Å². The first-order valence-electron chi connectivity index (χ1n) is 6.88. The molecule has 0 amide bonds. The van der Waals surface area contributed by atoms with E-state index in [4.69, 9.17) is 39.9 Å². The monoisotopic (exact) mass is 375 g/mol. The Labute approximate surface area is 149 Å². The maximum absolute atomic E-state index is 11.1. The summed E-state index contributed by atoms with van der Waals surface area (Å²) >= 11 is 18.0. The standard InChI is InChI=1S/C15H16Cl3N3O2/c1-7-4-8(6-15(2,3)5-7)20-21-11-9(16)12(14(22)23)19-13(18)10(11)17/h4H,5-6H2,1-3H3,(H,19,21)(H,22,23)/b20-8-. The van der Waals surface area contributed by atoms with Gasteiger partial charge in [-0.1, -0.05) is 54.2 Å². The summed E-state index contributed by atoms with van der Waals surface area (Å²) in [6.07, 6.45) is 3.76. The van der Waals surface area contributed by atoms with Gasteiger partial charge in [0.2, 0.25) is 0 Å². The number of rotatable bonds is 3. The third-order valence-corrected chi connectivity index (χ3v) is 4.49. The molecule has 2 rings (SSSR count). The van der Waals surface area contributed by atoms with Crippen LogP contribution in [0.2, 0.25) is 15.2 Å². The molecule has 0 aliphatic heterocycles. The fourth-order valence-electron chi connectivity index (χ4n) is 2.65. The molecule has 8 heteroatoms. The van der Waals surface area contributed by atoms with Gasteiger partial charge in [-0.25, -0.2) is 9.78 Å². The number of hydrazone groups is 1. The first-order chi connectivity index (χ1) is 10.6. The van der Waals surface area contributed by atoms with Crippen LogP contribution in [0.3, 0.4) is 0 Å². The summed E-state index contributed by atoms with van der Waals surface area (Å²) in [5, 5.41) is 13.2. The van der Waals surface area contributed by atoms with Crippen molar-refractivity contribution in [2.75, 3.05) is 5.43 Å². The molecule has 1 aromatic rings. The van der Waals surface area contributed by atoms with E-state index in [-0.39, 0.29) is 32.0 Å². The second-order valence-corrected chi connectivity index (χ2v) is 7.40. The van der Waals surface area contributed by atoms with Crippen molar-refractivity contribution < 1.29 is 9.90 Å². The van der Waals surface area contributed by atoms with E-state index in [0.29, 0.717) is 0 Å². The molecule has 1 aliphatic rings. The highest BCUT2D eigenvalue weighted by molar-refractivity contribution is 6.46. The molecule has 1 heterocycles. The lowest BCUT2D eigenvalue weighted by Gasteiger charge is -2.29. The predicted molar refractivity (Wildman–Crippen MR) is 94.1 cm³/mol. The zero-order chi connectivity index (χ0) is 17.4. The van der Waals surface area contributed by atoms with Crippen LogP contribution in [0.5, 0.6) is 0 Å². The Morgan fingerprint density at radius 3 is 2.52 bits per heavy atom. The first-order valence-corrected chi connectivity index (χ1v) is 8.01. The summed E-state index contributed by atoms with van der Waals surface area (Å²) in [5.74, 6) is -1.29. The van der Waals surface area contributed by atoms with Gasteiger partial charge in [-0.05, 0) is 31.3 Å². The van der Waals surface area contributed by atoms with E-state index in [9.17, 15) is 4.79 Å². The molecule has 2 N–H and O–H groups in total. The van der Waals surface area contributed by atoms with Crippen molar-refractivity contribution in [3.05, 3.63) is 32.5 Å². The Morgan fingerprint density at radius 2 is 1.96 bits per heavy atom. The molecule has 23 heavy (non-hydrogen) atoms. The van der Waals surface area contributed by atoms with Crippen LogP contribution in [0.25, 0.3) is 0 Å². The third kappa shape index (κ3) is 4.16. The van der Waals surface area contributed by atoms with E-state index in [1.807, 2.05) is 13.0 Å². The highest BCUT2D eigenvalue weighted by Crippen LogP contribution is 2.38. The number of nitrogens with one attached hydrogen (secondary N) is 1. The van der Waals surface area contributed by atoms with E-state index in [0.717, 1.165) is 18.6 Å². The van der Waals surface area contributed by atoms with Crippen LogP contribution in [-0.2, 0) is 0 Å². The molecule has 0 atom stereocenters. The Balaban J connectivity index is 2.39. The number of hydrogen-bond acceptors (Lipinski definition) is 4. The van der Waals surface area contributed by atoms with Crippen molar-refractivity contribution in [3.63, 3.8) is 0 Å². The minimum Gasteiger partial charge on any atom is -0.476 e. The van der Waals surface area contributed by atoms with Gasteiger partial charge in [-0.3, -0.25) is 5.43 Å². The average Bonchev–Trinajstić information content (AvgIpc) is 2.40. The number of carbonyl (C=O) groups is 1. The highest BCUT2D eigenvalue weighted by Gasteiger charge is 2.25. The lowest BCUT2D eigenvalue weighted by atomic mass is 9.77. The maximum atomic E-state index is 11.1. The van der Waals surface area contributed by atoms with Gasteiger partial charge in [-0.2, -0.15) is 5.10 Å². The van der Waals surface area contributed by atoms with Crippen LogP contribution in [0, 0.1) is 5.41 Å². The minimum absolute atomic E-state index is 0.0294. The number of nitrogens with zero attached hydrogens (tertiary/aromatic N) is 2. The van der Waals surface area contributed by atoms with Gasteiger partial charge in [0.25, 0.3) is 0 Å². The molecule has 0 saturated heterocycles. The predicted octanol–water partition coefficient (Wildman–Crippen LogP) is 5.27. The summed E-state index contributed by atoms with van der Waals surface area (Å²) in [6.45, 7) is 6.36. The van der Waals surface area contributed by atoms with Gasteiger partial charge in [-0.15, -0.1) is 0 Å². The van der Waals surface area contributed by atoms with Gasteiger partial charge >= 0.3 is 5.97 Å². The number of hydrogen-bond donors (Lipinski definition) is 2. The zero-order valence-electron chi connectivity index (χ0n) is 12.9. The summed E-state index contributed by atoms with van der Waals surface area (Å²) in [5.41, 5.74) is 4.65. The fourth-order valence-corrected chi connectivity index (χ4v) is 3.31. The molecular formula is C15H16Cl3N3O2. The zero-order valence-corrected chi connectivity index (χ0v) is 15.1. The molecule has 1 aromatic heterocycles. The van der Waals surface area contributed by atoms with Crippen molar-refractivity contribution in [3.8, 4) is 0 Å². The number of anilines is 1. The second kappa shape index (κ2) is 6.67. The smallest absolute Gasteiger partial charge is 0.356 e. The Kier molecular flexibility index (Phi) is 5.23. The summed E-state index contributed by atoms with van der Waals surface area (Å²) in [4.78, 5) is 14.8. The molecule has 0 unspecified atom stereocenters. The fraction of sp³-hybridized carbons (Fsp3) is 0.400. The number of aromatic carboxylic acids is 1. The molecule has 1 aliphatic carbocycles. The SMILES string of the molecule is CC1=C/C(=N/Nc2c(Cl)c(Cl)nc(C(=O)O)c2Cl)CC(C)(C)C1. The van der Waals surface area contributed by atoms with Crippen LogP contribution >= 0.6 is 34.8 Å². The van der Waals surface area contributed by atoms with Crippen molar-refractivity contribution in [2.24, 2.45) is 10.5 Å². The van der Waals surface area contributed by atoms with Gasteiger partial charge in [0.1, 0.15) is 10.0 Å². The number of pyridine rings is 1. The number of allylic oxidation sites excluding steroid dienone is 2. The number of carboxylic acids is 1. The molecular weight excluding hydrogens is 361 g/mol. The lowest BCUT2D eigenvalue weighted by molar-refractivity contribution is 0.0691. The van der Waals surface area contributed by atoms with Crippen LogP contribution in [-0.4, -0.2) is 21.8 Å². The quantitative estimate of drug-likeness (QED) is 0.556. The van der Waals surface area contributed by atoms with Gasteiger partial charge in [0, 0.05) is 0 Å². The minimum atomic E-state index is -1.29. The molecule has 0 fully saturated rings. The summed E-state index contributed by atoms with van der Waals surface area (Å²) in [6, 6.07) is 0. The van der Waals surface area contributed by atoms with Gasteiger partial charge in [0.15, 0.2) is 10.8 Å². The Hall–Kier alpha value is -1.30. The molecule has 0 aromatic carbocycles. The van der Waals surface area contributed by atoms with Crippen molar-refractivity contribution in [1.29, 1.82) is 0 Å². The van der Waals surface area contributed by atoms with Gasteiger partial charge < -0.3 is 5.11 Å². The molecule has 124 valence electrons. The molecule has 0 saturated carbocycles. The summed E-state index contributed by atoms with van der Waals surface area (Å²) < 4.78 is 0. The highest BCUT2D eigenvalue weighted by atomic mass is 35.5. The second-order valence-electron chi connectivity index (χ2n) is 6.28. The normalized spacial score (nSPS) is 18.7. The van der Waals surface area contributed by atoms with E-state index >= 15 is 0 Å². The van der Waals surface area contributed by atoms with Crippen LogP contribution in [0.4, 0.5) is 5.69 Å². The summed E-state index contributed by atoms with van der Waals surface area (Å²) in [7, 11) is 0. The Morgan fingerprint density at radius 1 is 1.30 bits per heavy atom.